The highest BCUT2D eigenvalue weighted by molar-refractivity contribution is 6.30. The van der Waals surface area contributed by atoms with Gasteiger partial charge in [0.2, 0.25) is 0 Å². The van der Waals surface area contributed by atoms with Gasteiger partial charge in [-0.3, -0.25) is 0 Å². The minimum atomic E-state index is -0.284. The van der Waals surface area contributed by atoms with Crippen molar-refractivity contribution in [3.8, 4) is 0 Å². The Morgan fingerprint density at radius 2 is 1.76 bits per heavy atom. The van der Waals surface area contributed by atoms with E-state index in [1.807, 2.05) is 24.3 Å². The molecule has 2 N–H and O–H groups in total. The second-order valence-electron chi connectivity index (χ2n) is 5.02. The van der Waals surface area contributed by atoms with Crippen molar-refractivity contribution >= 4 is 29.0 Å². The quantitative estimate of drug-likeness (QED) is 0.769. The van der Waals surface area contributed by atoms with Crippen LogP contribution in [0, 0.1) is 0 Å². The monoisotopic (exact) mass is 302 g/mol. The summed E-state index contributed by atoms with van der Waals surface area (Å²) in [6.07, 6.45) is 1.10. The van der Waals surface area contributed by atoms with Crippen molar-refractivity contribution < 1.29 is 4.79 Å². The Kier molecular flexibility index (Phi) is 5.23. The van der Waals surface area contributed by atoms with Crippen LogP contribution in [0.4, 0.5) is 16.2 Å². The maximum absolute atomic E-state index is 11.9. The van der Waals surface area contributed by atoms with Gasteiger partial charge in [0.15, 0.2) is 0 Å². The first kappa shape index (κ1) is 15.4. The summed E-state index contributed by atoms with van der Waals surface area (Å²) < 4.78 is 0. The van der Waals surface area contributed by atoms with Gasteiger partial charge in [-0.1, -0.05) is 43.6 Å². The number of carbonyl (C=O) groups is 1. The molecule has 0 radical (unpaired) electrons. The van der Waals surface area contributed by atoms with E-state index in [4.69, 9.17) is 11.6 Å². The molecule has 110 valence electrons. The number of rotatable bonds is 4. The maximum atomic E-state index is 11.9. The van der Waals surface area contributed by atoms with E-state index >= 15 is 0 Å². The molecule has 2 rings (SSSR count). The molecule has 2 aromatic rings. The van der Waals surface area contributed by atoms with E-state index < -0.39 is 0 Å². The summed E-state index contributed by atoms with van der Waals surface area (Å²) in [5, 5.41) is 6.13. The van der Waals surface area contributed by atoms with Crippen molar-refractivity contribution in [3.05, 3.63) is 59.1 Å². The normalized spacial score (nSPS) is 11.8. The second kappa shape index (κ2) is 7.14. The van der Waals surface area contributed by atoms with E-state index in [1.54, 1.807) is 24.3 Å². The predicted octanol–water partition coefficient (Wildman–Crippen LogP) is 5.50. The molecule has 0 aliphatic rings. The number of hydrogen-bond acceptors (Lipinski definition) is 1. The molecule has 0 bridgehead atoms. The number of carbonyl (C=O) groups excluding carboxylic acids is 1. The summed E-state index contributed by atoms with van der Waals surface area (Å²) in [6.45, 7) is 4.35. The van der Waals surface area contributed by atoms with Crippen LogP contribution in [0.15, 0.2) is 48.5 Å². The molecule has 3 nitrogen and oxygen atoms in total. The lowest BCUT2D eigenvalue weighted by Crippen LogP contribution is -2.19. The molecule has 0 aliphatic heterocycles. The Balaban J connectivity index is 1.96. The molecule has 0 aliphatic carbocycles. The first-order valence-corrected chi connectivity index (χ1v) is 7.40. The third kappa shape index (κ3) is 4.50. The molecule has 1 atom stereocenters. The van der Waals surface area contributed by atoms with Crippen LogP contribution in [0.2, 0.25) is 5.02 Å². The summed E-state index contributed by atoms with van der Waals surface area (Å²) in [5.74, 6) is 0.527. The third-order valence-electron chi connectivity index (χ3n) is 3.43. The Labute approximate surface area is 130 Å². The van der Waals surface area contributed by atoms with Gasteiger partial charge in [0.25, 0.3) is 0 Å². The fourth-order valence-electron chi connectivity index (χ4n) is 1.99. The molecule has 21 heavy (non-hydrogen) atoms. The van der Waals surface area contributed by atoms with E-state index in [9.17, 15) is 4.79 Å². The number of amides is 2. The smallest absolute Gasteiger partial charge is 0.308 e. The van der Waals surface area contributed by atoms with Crippen molar-refractivity contribution in [1.29, 1.82) is 0 Å². The molecule has 1 unspecified atom stereocenters. The van der Waals surface area contributed by atoms with Gasteiger partial charge >= 0.3 is 6.03 Å². The van der Waals surface area contributed by atoms with Gasteiger partial charge in [0.05, 0.1) is 0 Å². The first-order valence-electron chi connectivity index (χ1n) is 7.02. The first-order chi connectivity index (χ1) is 10.1. The molecule has 0 fully saturated rings. The summed E-state index contributed by atoms with van der Waals surface area (Å²) >= 11 is 5.88. The summed E-state index contributed by atoms with van der Waals surface area (Å²) in [5.41, 5.74) is 2.70. The van der Waals surface area contributed by atoms with Crippen LogP contribution in [0.5, 0.6) is 0 Å². The highest BCUT2D eigenvalue weighted by atomic mass is 35.5. The highest BCUT2D eigenvalue weighted by Gasteiger charge is 2.05. The minimum Gasteiger partial charge on any atom is -0.308 e. The summed E-state index contributed by atoms with van der Waals surface area (Å²) in [4.78, 5) is 11.9. The van der Waals surface area contributed by atoms with Crippen molar-refractivity contribution in [2.24, 2.45) is 0 Å². The van der Waals surface area contributed by atoms with Crippen LogP contribution in [0.3, 0.4) is 0 Å². The average molecular weight is 303 g/mol. The van der Waals surface area contributed by atoms with Crippen LogP contribution in [-0.4, -0.2) is 6.03 Å². The van der Waals surface area contributed by atoms with Crippen molar-refractivity contribution in [3.63, 3.8) is 0 Å². The molecule has 2 aromatic carbocycles. The van der Waals surface area contributed by atoms with Gasteiger partial charge in [-0.05, 0) is 48.2 Å². The van der Waals surface area contributed by atoms with E-state index in [0.29, 0.717) is 16.6 Å². The number of halogens is 1. The molecule has 0 saturated carbocycles. The van der Waals surface area contributed by atoms with E-state index in [0.717, 1.165) is 12.1 Å². The lowest BCUT2D eigenvalue weighted by atomic mass is 9.99. The number of hydrogen-bond donors (Lipinski definition) is 2. The zero-order valence-electron chi connectivity index (χ0n) is 12.2. The molecule has 4 heteroatoms. The molecular weight excluding hydrogens is 284 g/mol. The number of benzene rings is 2. The largest absolute Gasteiger partial charge is 0.323 e. The van der Waals surface area contributed by atoms with Gasteiger partial charge in [-0.25, -0.2) is 4.79 Å². The van der Waals surface area contributed by atoms with Gasteiger partial charge in [-0.2, -0.15) is 0 Å². The van der Waals surface area contributed by atoms with Crippen LogP contribution < -0.4 is 10.6 Å². The molecule has 0 spiro atoms. The zero-order chi connectivity index (χ0) is 15.2. The lowest BCUT2D eigenvalue weighted by Gasteiger charge is -2.11. The Hall–Kier alpha value is -2.00. The molecule has 2 amide bonds. The Morgan fingerprint density at radius 1 is 1.10 bits per heavy atom. The Bertz CT molecular complexity index is 610. The van der Waals surface area contributed by atoms with E-state index in [2.05, 4.69) is 24.5 Å². The SMILES string of the molecule is CCC(C)c1ccc(NC(=O)Nc2cccc(Cl)c2)cc1. The average Bonchev–Trinajstić information content (AvgIpc) is 2.47. The van der Waals surface area contributed by atoms with Crippen LogP contribution in [-0.2, 0) is 0 Å². The zero-order valence-corrected chi connectivity index (χ0v) is 12.9. The predicted molar refractivity (Wildman–Crippen MR) is 89.2 cm³/mol. The number of urea groups is 1. The van der Waals surface area contributed by atoms with Gasteiger partial charge in [0, 0.05) is 16.4 Å². The van der Waals surface area contributed by atoms with E-state index in [1.165, 1.54) is 5.56 Å². The van der Waals surface area contributed by atoms with Crippen LogP contribution in [0.25, 0.3) is 0 Å². The standard InChI is InChI=1S/C17H19ClN2O/c1-3-12(2)13-7-9-15(10-8-13)19-17(21)20-16-6-4-5-14(18)11-16/h4-12H,3H2,1-2H3,(H2,19,20,21). The fraction of sp³-hybridized carbons (Fsp3) is 0.235. The minimum absolute atomic E-state index is 0.284. The van der Waals surface area contributed by atoms with E-state index in [-0.39, 0.29) is 6.03 Å². The summed E-state index contributed by atoms with van der Waals surface area (Å²) in [7, 11) is 0. The van der Waals surface area contributed by atoms with Crippen LogP contribution >= 0.6 is 11.6 Å². The van der Waals surface area contributed by atoms with Gasteiger partial charge < -0.3 is 10.6 Å². The maximum Gasteiger partial charge on any atom is 0.323 e. The number of anilines is 2. The van der Waals surface area contributed by atoms with Gasteiger partial charge in [-0.15, -0.1) is 0 Å². The summed E-state index contributed by atoms with van der Waals surface area (Å²) in [6, 6.07) is 14.7. The van der Waals surface area contributed by atoms with Crippen molar-refractivity contribution in [2.75, 3.05) is 10.6 Å². The van der Waals surface area contributed by atoms with Crippen LogP contribution in [0.1, 0.15) is 31.7 Å². The van der Waals surface area contributed by atoms with Crippen molar-refractivity contribution in [1.82, 2.24) is 0 Å². The topological polar surface area (TPSA) is 41.1 Å². The third-order valence-corrected chi connectivity index (χ3v) is 3.67. The molecule has 0 aromatic heterocycles. The molecular formula is C17H19ClN2O. The number of nitrogens with one attached hydrogen (secondary N) is 2. The second-order valence-corrected chi connectivity index (χ2v) is 5.46. The highest BCUT2D eigenvalue weighted by Crippen LogP contribution is 2.21. The molecule has 0 heterocycles. The molecule has 0 saturated heterocycles. The lowest BCUT2D eigenvalue weighted by molar-refractivity contribution is 0.262. The fourth-order valence-corrected chi connectivity index (χ4v) is 2.18. The van der Waals surface area contributed by atoms with Crippen molar-refractivity contribution in [2.45, 2.75) is 26.2 Å². The van der Waals surface area contributed by atoms with Gasteiger partial charge in [0.1, 0.15) is 0 Å². The Morgan fingerprint density at radius 3 is 2.38 bits per heavy atom.